The number of aryl methyl sites for hydroxylation is 1. The van der Waals surface area contributed by atoms with E-state index in [1.54, 1.807) is 0 Å². The van der Waals surface area contributed by atoms with Crippen molar-refractivity contribution in [3.8, 4) is 0 Å². The predicted molar refractivity (Wildman–Crippen MR) is 92.0 cm³/mol. The van der Waals surface area contributed by atoms with Crippen LogP contribution in [-0.4, -0.2) is 12.7 Å². The van der Waals surface area contributed by atoms with Gasteiger partial charge in [-0.15, -0.1) is 0 Å². The highest BCUT2D eigenvalue weighted by atomic mass is 16.7. The molecule has 2 heteroatoms. The summed E-state index contributed by atoms with van der Waals surface area (Å²) in [6, 6.07) is 8.83. The maximum atomic E-state index is 6.14. The van der Waals surface area contributed by atoms with Crippen LogP contribution in [0.3, 0.4) is 0 Å². The number of hydrogen-bond donors (Lipinski definition) is 0. The van der Waals surface area contributed by atoms with Gasteiger partial charge >= 0.3 is 0 Å². The minimum Gasteiger partial charge on any atom is -0.348 e. The molecule has 2 rings (SSSR count). The van der Waals surface area contributed by atoms with Crippen LogP contribution in [-0.2, 0) is 15.9 Å². The highest BCUT2D eigenvalue weighted by Gasteiger charge is 2.23. The molecule has 2 nitrogen and oxygen atoms in total. The minimum absolute atomic E-state index is 0.162. The van der Waals surface area contributed by atoms with Gasteiger partial charge in [-0.2, -0.15) is 0 Å². The van der Waals surface area contributed by atoms with E-state index in [-0.39, 0.29) is 6.29 Å². The molecule has 1 aliphatic rings. The summed E-state index contributed by atoms with van der Waals surface area (Å²) in [6.07, 6.45) is 11.3. The molecule has 1 heterocycles. The van der Waals surface area contributed by atoms with Crippen molar-refractivity contribution in [3.05, 3.63) is 35.4 Å². The lowest BCUT2D eigenvalue weighted by Crippen LogP contribution is -2.27. The molecule has 1 aliphatic heterocycles. The molecular weight excluding hydrogens is 272 g/mol. The maximum absolute atomic E-state index is 6.14. The summed E-state index contributed by atoms with van der Waals surface area (Å²) < 4.78 is 12.0. The van der Waals surface area contributed by atoms with Gasteiger partial charge in [-0.25, -0.2) is 0 Å². The Morgan fingerprint density at radius 1 is 0.955 bits per heavy atom. The smallest absolute Gasteiger partial charge is 0.184 e. The molecule has 0 aliphatic carbocycles. The second-order valence-electron chi connectivity index (χ2n) is 6.44. The van der Waals surface area contributed by atoms with Crippen molar-refractivity contribution >= 4 is 0 Å². The molecule has 22 heavy (non-hydrogen) atoms. The molecule has 0 saturated carbocycles. The Kier molecular flexibility index (Phi) is 7.96. The summed E-state index contributed by atoms with van der Waals surface area (Å²) in [4.78, 5) is 0. The SMILES string of the molecule is CCCCCc1ccc(C2OCCC(CCCCC)O2)cc1. The van der Waals surface area contributed by atoms with E-state index in [9.17, 15) is 0 Å². The fourth-order valence-corrected chi connectivity index (χ4v) is 3.02. The predicted octanol–water partition coefficient (Wildman–Crippen LogP) is 5.80. The van der Waals surface area contributed by atoms with Gasteiger partial charge in [-0.3, -0.25) is 0 Å². The third kappa shape index (κ3) is 5.73. The molecule has 0 amide bonds. The summed E-state index contributed by atoms with van der Waals surface area (Å²) in [7, 11) is 0. The number of hydrogen-bond acceptors (Lipinski definition) is 2. The van der Waals surface area contributed by atoms with E-state index >= 15 is 0 Å². The van der Waals surface area contributed by atoms with Crippen molar-refractivity contribution in [2.24, 2.45) is 0 Å². The zero-order valence-corrected chi connectivity index (χ0v) is 14.4. The van der Waals surface area contributed by atoms with E-state index in [4.69, 9.17) is 9.47 Å². The number of rotatable bonds is 9. The lowest BCUT2D eigenvalue weighted by Gasteiger charge is -2.30. The first-order valence-electron chi connectivity index (χ1n) is 9.19. The normalized spacial score (nSPS) is 21.9. The number of benzene rings is 1. The first kappa shape index (κ1) is 17.5. The van der Waals surface area contributed by atoms with Gasteiger partial charge in [0.2, 0.25) is 0 Å². The Hall–Kier alpha value is -0.860. The fraction of sp³-hybridized carbons (Fsp3) is 0.700. The number of unbranched alkanes of at least 4 members (excludes halogenated alkanes) is 4. The quantitative estimate of drug-likeness (QED) is 0.536. The summed E-state index contributed by atoms with van der Waals surface area (Å²) in [5, 5.41) is 0. The second kappa shape index (κ2) is 10.0. The first-order valence-corrected chi connectivity index (χ1v) is 9.19. The van der Waals surface area contributed by atoms with E-state index in [0.717, 1.165) is 13.0 Å². The average molecular weight is 304 g/mol. The molecule has 1 aromatic carbocycles. The van der Waals surface area contributed by atoms with Gasteiger partial charge in [0.1, 0.15) is 0 Å². The van der Waals surface area contributed by atoms with Gasteiger partial charge < -0.3 is 9.47 Å². The monoisotopic (exact) mass is 304 g/mol. The van der Waals surface area contributed by atoms with E-state index in [2.05, 4.69) is 38.1 Å². The Morgan fingerprint density at radius 3 is 2.41 bits per heavy atom. The molecule has 2 unspecified atom stereocenters. The van der Waals surface area contributed by atoms with Crippen LogP contribution < -0.4 is 0 Å². The molecule has 0 N–H and O–H groups in total. The summed E-state index contributed by atoms with van der Waals surface area (Å²) in [5.74, 6) is 0. The van der Waals surface area contributed by atoms with E-state index in [1.807, 2.05) is 0 Å². The molecule has 0 bridgehead atoms. The van der Waals surface area contributed by atoms with Crippen molar-refractivity contribution in [2.75, 3.05) is 6.61 Å². The molecule has 0 spiro atoms. The molecule has 1 aromatic rings. The zero-order valence-electron chi connectivity index (χ0n) is 14.4. The second-order valence-corrected chi connectivity index (χ2v) is 6.44. The third-order valence-electron chi connectivity index (χ3n) is 4.48. The van der Waals surface area contributed by atoms with Crippen LogP contribution in [0, 0.1) is 0 Å². The molecular formula is C20H32O2. The lowest BCUT2D eigenvalue weighted by molar-refractivity contribution is -0.218. The summed E-state index contributed by atoms with van der Waals surface area (Å²) in [6.45, 7) is 5.31. The highest BCUT2D eigenvalue weighted by molar-refractivity contribution is 5.23. The summed E-state index contributed by atoms with van der Waals surface area (Å²) in [5.41, 5.74) is 2.59. The van der Waals surface area contributed by atoms with Crippen LogP contribution in [0.1, 0.15) is 82.6 Å². The van der Waals surface area contributed by atoms with E-state index in [0.29, 0.717) is 6.10 Å². The minimum atomic E-state index is -0.162. The molecule has 2 atom stereocenters. The average Bonchev–Trinajstić information content (AvgIpc) is 2.56. The van der Waals surface area contributed by atoms with E-state index < -0.39 is 0 Å². The molecule has 0 aromatic heterocycles. The lowest BCUT2D eigenvalue weighted by atomic mass is 10.0. The van der Waals surface area contributed by atoms with Crippen molar-refractivity contribution in [1.82, 2.24) is 0 Å². The first-order chi connectivity index (χ1) is 10.8. The van der Waals surface area contributed by atoms with Crippen molar-refractivity contribution < 1.29 is 9.47 Å². The van der Waals surface area contributed by atoms with Crippen LogP contribution >= 0.6 is 0 Å². The third-order valence-corrected chi connectivity index (χ3v) is 4.48. The maximum Gasteiger partial charge on any atom is 0.184 e. The Labute approximate surface area is 136 Å². The van der Waals surface area contributed by atoms with Gasteiger partial charge in [-0.05, 0) is 31.2 Å². The van der Waals surface area contributed by atoms with Crippen molar-refractivity contribution in [2.45, 2.75) is 84.0 Å². The molecule has 1 fully saturated rings. The van der Waals surface area contributed by atoms with Crippen LogP contribution in [0.2, 0.25) is 0 Å². The highest BCUT2D eigenvalue weighted by Crippen LogP contribution is 2.28. The van der Waals surface area contributed by atoms with E-state index in [1.165, 1.54) is 62.5 Å². The molecule has 1 saturated heterocycles. The topological polar surface area (TPSA) is 18.5 Å². The summed E-state index contributed by atoms with van der Waals surface area (Å²) >= 11 is 0. The Balaban J connectivity index is 1.82. The Morgan fingerprint density at radius 2 is 1.68 bits per heavy atom. The zero-order chi connectivity index (χ0) is 15.6. The van der Waals surface area contributed by atoms with Gasteiger partial charge in [-0.1, -0.05) is 70.2 Å². The van der Waals surface area contributed by atoms with Crippen molar-refractivity contribution in [1.29, 1.82) is 0 Å². The fourth-order valence-electron chi connectivity index (χ4n) is 3.02. The van der Waals surface area contributed by atoms with Crippen LogP contribution in [0.25, 0.3) is 0 Å². The number of ether oxygens (including phenoxy) is 2. The van der Waals surface area contributed by atoms with Crippen molar-refractivity contribution in [3.63, 3.8) is 0 Å². The standard InChI is InChI=1S/C20H32O2/c1-3-5-7-9-17-11-13-18(14-12-17)20-21-16-15-19(22-20)10-8-6-4-2/h11-14,19-20H,3-10,15-16H2,1-2H3. The van der Waals surface area contributed by atoms with Gasteiger partial charge in [0, 0.05) is 5.56 Å². The largest absolute Gasteiger partial charge is 0.348 e. The van der Waals surface area contributed by atoms with Gasteiger partial charge in [0.25, 0.3) is 0 Å². The van der Waals surface area contributed by atoms with Crippen LogP contribution in [0.15, 0.2) is 24.3 Å². The van der Waals surface area contributed by atoms with Crippen LogP contribution in [0.5, 0.6) is 0 Å². The molecule has 0 radical (unpaired) electrons. The molecule has 124 valence electrons. The Bertz CT molecular complexity index is 399. The van der Waals surface area contributed by atoms with Crippen LogP contribution in [0.4, 0.5) is 0 Å². The van der Waals surface area contributed by atoms with Gasteiger partial charge in [0.05, 0.1) is 12.7 Å². The van der Waals surface area contributed by atoms with Gasteiger partial charge in [0.15, 0.2) is 6.29 Å².